The Labute approximate surface area is 92.3 Å². The van der Waals surface area contributed by atoms with Crippen LogP contribution < -0.4 is 5.32 Å². The molecule has 1 aliphatic heterocycles. The highest BCUT2D eigenvalue weighted by Crippen LogP contribution is 2.16. The third kappa shape index (κ3) is 2.66. The SMILES string of the molecule is O=C(O)CCc1nc(C2=CCNCC2)no1. The van der Waals surface area contributed by atoms with Gasteiger partial charge in [-0.2, -0.15) is 4.98 Å². The first-order valence-corrected chi connectivity index (χ1v) is 5.20. The van der Waals surface area contributed by atoms with Gasteiger partial charge >= 0.3 is 5.97 Å². The number of nitrogens with one attached hydrogen (secondary N) is 1. The van der Waals surface area contributed by atoms with Crippen LogP contribution in [0.15, 0.2) is 10.6 Å². The second kappa shape index (κ2) is 4.89. The van der Waals surface area contributed by atoms with Gasteiger partial charge < -0.3 is 14.9 Å². The fraction of sp³-hybridized carbons (Fsp3) is 0.500. The van der Waals surface area contributed by atoms with E-state index >= 15 is 0 Å². The Kier molecular flexibility index (Phi) is 3.31. The third-order valence-corrected chi connectivity index (χ3v) is 2.37. The summed E-state index contributed by atoms with van der Waals surface area (Å²) in [5.41, 5.74) is 1.06. The lowest BCUT2D eigenvalue weighted by molar-refractivity contribution is -0.137. The summed E-state index contributed by atoms with van der Waals surface area (Å²) in [6.07, 6.45) is 3.20. The van der Waals surface area contributed by atoms with E-state index in [4.69, 9.17) is 9.63 Å². The molecular weight excluding hydrogens is 210 g/mol. The highest BCUT2D eigenvalue weighted by atomic mass is 16.5. The van der Waals surface area contributed by atoms with Gasteiger partial charge in [0, 0.05) is 13.0 Å². The number of aromatic nitrogens is 2. The van der Waals surface area contributed by atoms with Gasteiger partial charge in [-0.15, -0.1) is 0 Å². The monoisotopic (exact) mass is 223 g/mol. The number of nitrogens with zero attached hydrogens (tertiary/aromatic N) is 2. The van der Waals surface area contributed by atoms with Gasteiger partial charge in [-0.25, -0.2) is 0 Å². The second-order valence-electron chi connectivity index (χ2n) is 3.59. The van der Waals surface area contributed by atoms with Gasteiger partial charge in [0.15, 0.2) is 5.82 Å². The number of hydrogen-bond acceptors (Lipinski definition) is 5. The van der Waals surface area contributed by atoms with Crippen molar-refractivity contribution in [2.75, 3.05) is 13.1 Å². The Balaban J connectivity index is 2.01. The molecule has 6 nitrogen and oxygen atoms in total. The standard InChI is InChI=1S/C10H13N3O3/c14-9(15)2-1-8-12-10(13-16-8)7-3-5-11-6-4-7/h3,11H,1-2,4-6H2,(H,14,15). The van der Waals surface area contributed by atoms with Crippen LogP contribution in [0.2, 0.25) is 0 Å². The van der Waals surface area contributed by atoms with Gasteiger partial charge in [-0.1, -0.05) is 11.2 Å². The zero-order valence-electron chi connectivity index (χ0n) is 8.77. The Hall–Kier alpha value is -1.69. The first kappa shape index (κ1) is 10.8. The van der Waals surface area contributed by atoms with Crippen LogP contribution in [0.5, 0.6) is 0 Å². The smallest absolute Gasteiger partial charge is 0.303 e. The molecule has 0 fully saturated rings. The van der Waals surface area contributed by atoms with Crippen molar-refractivity contribution >= 4 is 11.5 Å². The van der Waals surface area contributed by atoms with Gasteiger partial charge in [0.25, 0.3) is 0 Å². The van der Waals surface area contributed by atoms with E-state index < -0.39 is 5.97 Å². The molecule has 0 saturated heterocycles. The quantitative estimate of drug-likeness (QED) is 0.771. The molecule has 2 heterocycles. The zero-order valence-corrected chi connectivity index (χ0v) is 8.77. The fourth-order valence-electron chi connectivity index (χ4n) is 1.53. The second-order valence-corrected chi connectivity index (χ2v) is 3.59. The lowest BCUT2D eigenvalue weighted by atomic mass is 10.1. The Bertz CT molecular complexity index is 411. The summed E-state index contributed by atoms with van der Waals surface area (Å²) >= 11 is 0. The molecule has 6 heteroatoms. The predicted molar refractivity (Wildman–Crippen MR) is 55.7 cm³/mol. The van der Waals surface area contributed by atoms with E-state index in [0.29, 0.717) is 11.7 Å². The van der Waals surface area contributed by atoms with Crippen LogP contribution in [0, 0.1) is 0 Å². The summed E-state index contributed by atoms with van der Waals surface area (Å²) in [4.78, 5) is 14.5. The Morgan fingerprint density at radius 2 is 2.50 bits per heavy atom. The van der Waals surface area contributed by atoms with E-state index in [1.54, 1.807) is 0 Å². The maximum absolute atomic E-state index is 10.4. The van der Waals surface area contributed by atoms with Crippen LogP contribution in [0.3, 0.4) is 0 Å². The zero-order chi connectivity index (χ0) is 11.4. The first-order chi connectivity index (χ1) is 7.75. The molecule has 2 rings (SSSR count). The largest absolute Gasteiger partial charge is 0.481 e. The summed E-state index contributed by atoms with van der Waals surface area (Å²) in [6.45, 7) is 1.72. The number of hydrogen-bond donors (Lipinski definition) is 2. The van der Waals surface area contributed by atoms with Crippen molar-refractivity contribution in [2.45, 2.75) is 19.3 Å². The summed E-state index contributed by atoms with van der Waals surface area (Å²) in [6, 6.07) is 0. The molecule has 0 aliphatic carbocycles. The van der Waals surface area contributed by atoms with Crippen LogP contribution in [0.4, 0.5) is 0 Å². The van der Waals surface area contributed by atoms with Crippen molar-refractivity contribution in [3.05, 3.63) is 17.8 Å². The molecule has 86 valence electrons. The van der Waals surface area contributed by atoms with E-state index in [1.165, 1.54) is 0 Å². The predicted octanol–water partition coefficient (Wildman–Crippen LogP) is 0.463. The summed E-state index contributed by atoms with van der Waals surface area (Å²) in [7, 11) is 0. The van der Waals surface area contributed by atoms with Gasteiger partial charge in [0.05, 0.1) is 6.42 Å². The minimum absolute atomic E-state index is 0.0161. The molecule has 16 heavy (non-hydrogen) atoms. The summed E-state index contributed by atoms with van der Waals surface area (Å²) in [5.74, 6) is 0.111. The molecule has 0 atom stereocenters. The molecule has 0 bridgehead atoms. The maximum Gasteiger partial charge on any atom is 0.303 e. The summed E-state index contributed by atoms with van der Waals surface area (Å²) in [5, 5.41) is 15.6. The number of carboxylic acid groups (broad SMARTS) is 1. The van der Waals surface area contributed by atoms with Crippen LogP contribution in [-0.2, 0) is 11.2 Å². The lowest BCUT2D eigenvalue weighted by Gasteiger charge is -2.09. The van der Waals surface area contributed by atoms with Gasteiger partial charge in [-0.3, -0.25) is 4.79 Å². The number of rotatable bonds is 4. The van der Waals surface area contributed by atoms with Gasteiger partial charge in [-0.05, 0) is 18.5 Å². The molecule has 1 aliphatic rings. The van der Waals surface area contributed by atoms with Crippen molar-refractivity contribution < 1.29 is 14.4 Å². The summed E-state index contributed by atoms with van der Waals surface area (Å²) < 4.78 is 4.98. The molecule has 0 aromatic carbocycles. The minimum Gasteiger partial charge on any atom is -0.481 e. The van der Waals surface area contributed by atoms with Crippen LogP contribution in [-0.4, -0.2) is 34.3 Å². The molecule has 0 unspecified atom stereocenters. The van der Waals surface area contributed by atoms with Gasteiger partial charge in [0.2, 0.25) is 5.89 Å². The fourth-order valence-corrected chi connectivity index (χ4v) is 1.53. The highest BCUT2D eigenvalue weighted by Gasteiger charge is 2.13. The Morgan fingerprint density at radius 3 is 3.19 bits per heavy atom. The molecule has 2 N–H and O–H groups in total. The van der Waals surface area contributed by atoms with Crippen molar-refractivity contribution in [1.82, 2.24) is 15.5 Å². The van der Waals surface area contributed by atoms with Crippen LogP contribution in [0.25, 0.3) is 5.57 Å². The highest BCUT2D eigenvalue weighted by molar-refractivity contribution is 5.66. The van der Waals surface area contributed by atoms with Crippen LogP contribution in [0.1, 0.15) is 24.6 Å². The molecule has 0 spiro atoms. The average Bonchev–Trinajstić information content (AvgIpc) is 2.76. The van der Waals surface area contributed by atoms with E-state index in [9.17, 15) is 4.79 Å². The van der Waals surface area contributed by atoms with Crippen molar-refractivity contribution in [3.63, 3.8) is 0 Å². The van der Waals surface area contributed by atoms with E-state index in [2.05, 4.69) is 15.5 Å². The molecule has 0 saturated carbocycles. The van der Waals surface area contributed by atoms with E-state index in [1.807, 2.05) is 6.08 Å². The van der Waals surface area contributed by atoms with Crippen molar-refractivity contribution in [1.29, 1.82) is 0 Å². The minimum atomic E-state index is -0.860. The molecule has 1 aromatic heterocycles. The normalized spacial score (nSPS) is 15.9. The van der Waals surface area contributed by atoms with Crippen molar-refractivity contribution in [3.8, 4) is 0 Å². The van der Waals surface area contributed by atoms with E-state index in [-0.39, 0.29) is 12.8 Å². The maximum atomic E-state index is 10.4. The Morgan fingerprint density at radius 1 is 1.62 bits per heavy atom. The average molecular weight is 223 g/mol. The molecular formula is C10H13N3O3. The van der Waals surface area contributed by atoms with E-state index in [0.717, 1.165) is 25.1 Å². The number of carboxylic acids is 1. The molecule has 0 radical (unpaired) electrons. The van der Waals surface area contributed by atoms with Crippen molar-refractivity contribution in [2.24, 2.45) is 0 Å². The topological polar surface area (TPSA) is 88.2 Å². The molecule has 0 amide bonds. The van der Waals surface area contributed by atoms with Gasteiger partial charge in [0.1, 0.15) is 0 Å². The first-order valence-electron chi connectivity index (χ1n) is 5.20. The third-order valence-electron chi connectivity index (χ3n) is 2.37. The number of aliphatic carboxylic acids is 1. The molecule has 1 aromatic rings. The lowest BCUT2D eigenvalue weighted by Crippen LogP contribution is -2.20. The van der Waals surface area contributed by atoms with Crippen LogP contribution >= 0.6 is 0 Å². The number of carbonyl (C=O) groups is 1. The number of aryl methyl sites for hydroxylation is 1.